The zero-order valence-corrected chi connectivity index (χ0v) is 14.7. The van der Waals surface area contributed by atoms with E-state index in [0.29, 0.717) is 5.56 Å². The zero-order valence-electron chi connectivity index (χ0n) is 14.7. The van der Waals surface area contributed by atoms with Crippen LogP contribution in [0.5, 0.6) is 5.75 Å². The van der Waals surface area contributed by atoms with Gasteiger partial charge in [-0.3, -0.25) is 4.79 Å². The molecule has 25 heavy (non-hydrogen) atoms. The number of aldehydes is 1. The predicted octanol–water partition coefficient (Wildman–Crippen LogP) is 3.67. The van der Waals surface area contributed by atoms with E-state index in [4.69, 9.17) is 4.74 Å². The van der Waals surface area contributed by atoms with Crippen molar-refractivity contribution in [1.29, 1.82) is 0 Å². The summed E-state index contributed by atoms with van der Waals surface area (Å²) >= 11 is 0. The van der Waals surface area contributed by atoms with Crippen molar-refractivity contribution in [2.75, 3.05) is 24.6 Å². The summed E-state index contributed by atoms with van der Waals surface area (Å²) in [7, 11) is 0. The fourth-order valence-corrected chi connectivity index (χ4v) is 3.22. The molecule has 1 saturated heterocycles. The Morgan fingerprint density at radius 3 is 2.52 bits per heavy atom. The number of benzene rings is 1. The smallest absolute Gasteiger partial charge is 0.151 e. The molecule has 0 bridgehead atoms. The van der Waals surface area contributed by atoms with E-state index in [2.05, 4.69) is 21.2 Å². The highest BCUT2D eigenvalue weighted by molar-refractivity contribution is 5.74. The van der Waals surface area contributed by atoms with E-state index in [-0.39, 0.29) is 0 Å². The first-order valence-electron chi connectivity index (χ1n) is 8.98. The number of carbonyl (C=O) groups is 1. The molecule has 1 fully saturated rings. The fraction of sp³-hybridized carbons (Fsp3) is 0.450. The number of hydrogen-bond acceptors (Lipinski definition) is 5. The van der Waals surface area contributed by atoms with Crippen LogP contribution in [-0.2, 0) is 0 Å². The normalized spacial score (nSPS) is 15.2. The highest BCUT2D eigenvalue weighted by atomic mass is 16.5. The summed E-state index contributed by atoms with van der Waals surface area (Å²) in [6.45, 7) is 4.79. The summed E-state index contributed by atoms with van der Waals surface area (Å²) in [6, 6.07) is 11.4. The number of aromatic nitrogens is 2. The number of hydrogen-bond donors (Lipinski definition) is 0. The maximum absolute atomic E-state index is 10.6. The first-order chi connectivity index (χ1) is 12.2. The Labute approximate surface area is 149 Å². The Bertz CT molecular complexity index is 662. The largest absolute Gasteiger partial charge is 0.494 e. The van der Waals surface area contributed by atoms with Gasteiger partial charge in [-0.05, 0) is 74.9 Å². The zero-order chi connectivity index (χ0) is 17.5. The minimum atomic E-state index is 0.678. The maximum Gasteiger partial charge on any atom is 0.151 e. The van der Waals surface area contributed by atoms with Gasteiger partial charge in [0, 0.05) is 18.7 Å². The van der Waals surface area contributed by atoms with Gasteiger partial charge in [-0.25, -0.2) is 0 Å². The van der Waals surface area contributed by atoms with Gasteiger partial charge in [0.05, 0.1) is 12.3 Å². The molecule has 0 amide bonds. The van der Waals surface area contributed by atoms with Crippen molar-refractivity contribution < 1.29 is 9.53 Å². The quantitative estimate of drug-likeness (QED) is 0.569. The third-order valence-corrected chi connectivity index (χ3v) is 4.76. The lowest BCUT2D eigenvalue weighted by Crippen LogP contribution is -2.34. The van der Waals surface area contributed by atoms with E-state index in [9.17, 15) is 4.79 Å². The Kier molecular flexibility index (Phi) is 5.99. The van der Waals surface area contributed by atoms with Gasteiger partial charge in [0.2, 0.25) is 0 Å². The van der Waals surface area contributed by atoms with E-state index in [0.717, 1.165) is 55.6 Å². The molecule has 0 saturated carbocycles. The Balaban J connectivity index is 1.35. The molecule has 1 aromatic heterocycles. The Morgan fingerprint density at radius 2 is 1.88 bits per heavy atom. The average Bonchev–Trinajstić information content (AvgIpc) is 2.67. The van der Waals surface area contributed by atoms with Gasteiger partial charge in [-0.2, -0.15) is 5.10 Å². The minimum Gasteiger partial charge on any atom is -0.494 e. The van der Waals surface area contributed by atoms with E-state index < -0.39 is 0 Å². The molecule has 2 aromatic rings. The van der Waals surface area contributed by atoms with Gasteiger partial charge in [0.1, 0.15) is 12.0 Å². The van der Waals surface area contributed by atoms with Crippen molar-refractivity contribution >= 4 is 12.1 Å². The van der Waals surface area contributed by atoms with Crippen molar-refractivity contribution in [3.8, 4) is 5.75 Å². The molecule has 2 heterocycles. The number of rotatable bonds is 7. The summed E-state index contributed by atoms with van der Waals surface area (Å²) in [4.78, 5) is 13.0. The molecular weight excluding hydrogens is 314 g/mol. The maximum atomic E-state index is 10.6. The second-order valence-electron chi connectivity index (χ2n) is 6.64. The minimum absolute atomic E-state index is 0.678. The molecule has 1 aliphatic heterocycles. The van der Waals surface area contributed by atoms with Crippen molar-refractivity contribution in [1.82, 2.24) is 10.2 Å². The molecule has 0 N–H and O–H groups in total. The van der Waals surface area contributed by atoms with E-state index in [1.807, 2.05) is 25.1 Å². The van der Waals surface area contributed by atoms with Gasteiger partial charge in [-0.1, -0.05) is 0 Å². The van der Waals surface area contributed by atoms with Crippen molar-refractivity contribution in [3.63, 3.8) is 0 Å². The Morgan fingerprint density at radius 1 is 1.12 bits per heavy atom. The van der Waals surface area contributed by atoms with Crippen molar-refractivity contribution in [3.05, 3.63) is 47.7 Å². The molecule has 0 aliphatic carbocycles. The third kappa shape index (κ3) is 5.02. The molecule has 5 heteroatoms. The van der Waals surface area contributed by atoms with Gasteiger partial charge in [0.15, 0.2) is 5.82 Å². The summed E-state index contributed by atoms with van der Waals surface area (Å²) in [5.41, 5.74) is 1.64. The molecule has 5 nitrogen and oxygen atoms in total. The SMILES string of the molecule is Cc1ccc(N2CCC(CCCOc3ccc(C=O)cc3)CC2)nn1. The van der Waals surface area contributed by atoms with Crippen LogP contribution in [-0.4, -0.2) is 36.2 Å². The molecule has 0 radical (unpaired) electrons. The first-order valence-corrected chi connectivity index (χ1v) is 8.98. The van der Waals surface area contributed by atoms with Crippen LogP contribution in [0.25, 0.3) is 0 Å². The van der Waals surface area contributed by atoms with Crippen molar-refractivity contribution in [2.24, 2.45) is 5.92 Å². The summed E-state index contributed by atoms with van der Waals surface area (Å²) in [6.07, 6.45) is 5.50. The van der Waals surface area contributed by atoms with E-state index in [1.165, 1.54) is 19.3 Å². The van der Waals surface area contributed by atoms with Crippen LogP contribution in [0.1, 0.15) is 41.7 Å². The van der Waals surface area contributed by atoms with Gasteiger partial charge in [-0.15, -0.1) is 5.10 Å². The molecule has 0 spiro atoms. The van der Waals surface area contributed by atoms with Crippen LogP contribution in [0.3, 0.4) is 0 Å². The Hall–Kier alpha value is -2.43. The van der Waals surface area contributed by atoms with E-state index >= 15 is 0 Å². The third-order valence-electron chi connectivity index (χ3n) is 4.76. The fourth-order valence-electron chi connectivity index (χ4n) is 3.22. The van der Waals surface area contributed by atoms with Gasteiger partial charge in [0.25, 0.3) is 0 Å². The topological polar surface area (TPSA) is 55.3 Å². The van der Waals surface area contributed by atoms with Gasteiger partial charge < -0.3 is 9.64 Å². The van der Waals surface area contributed by atoms with E-state index in [1.54, 1.807) is 12.1 Å². The molecular formula is C20H25N3O2. The predicted molar refractivity (Wildman–Crippen MR) is 98.3 cm³/mol. The van der Waals surface area contributed by atoms with Crippen LogP contribution in [0.4, 0.5) is 5.82 Å². The first kappa shape index (κ1) is 17.4. The molecule has 132 valence electrons. The lowest BCUT2D eigenvalue weighted by Gasteiger charge is -2.32. The number of anilines is 1. The highest BCUT2D eigenvalue weighted by Gasteiger charge is 2.20. The number of ether oxygens (including phenoxy) is 1. The number of carbonyl (C=O) groups excluding carboxylic acids is 1. The lowest BCUT2D eigenvalue weighted by atomic mass is 9.92. The molecule has 0 atom stereocenters. The summed E-state index contributed by atoms with van der Waals surface area (Å²) < 4.78 is 5.75. The van der Waals surface area contributed by atoms with Crippen LogP contribution in [0.2, 0.25) is 0 Å². The molecule has 3 rings (SSSR count). The number of aryl methyl sites for hydroxylation is 1. The lowest BCUT2D eigenvalue weighted by molar-refractivity contribution is 0.112. The molecule has 1 aliphatic rings. The monoisotopic (exact) mass is 339 g/mol. The van der Waals surface area contributed by atoms with Crippen LogP contribution in [0, 0.1) is 12.8 Å². The summed E-state index contributed by atoms with van der Waals surface area (Å²) in [5.74, 6) is 2.58. The van der Waals surface area contributed by atoms with Crippen molar-refractivity contribution in [2.45, 2.75) is 32.6 Å². The van der Waals surface area contributed by atoms with Gasteiger partial charge >= 0.3 is 0 Å². The number of nitrogens with zero attached hydrogens (tertiary/aromatic N) is 3. The average molecular weight is 339 g/mol. The van der Waals surface area contributed by atoms with Crippen LogP contribution in [0.15, 0.2) is 36.4 Å². The van der Waals surface area contributed by atoms with Crippen LogP contribution >= 0.6 is 0 Å². The summed E-state index contributed by atoms with van der Waals surface area (Å²) in [5, 5.41) is 8.43. The van der Waals surface area contributed by atoms with Crippen LogP contribution < -0.4 is 9.64 Å². The second kappa shape index (κ2) is 8.60. The second-order valence-corrected chi connectivity index (χ2v) is 6.64. The standard InChI is InChI=1S/C20H25N3O2/c1-16-4-9-20(22-21-16)23-12-10-17(11-13-23)3-2-14-25-19-7-5-18(15-24)6-8-19/h4-9,15,17H,2-3,10-14H2,1H3. The number of piperidine rings is 1. The molecule has 0 unspecified atom stereocenters. The molecule has 1 aromatic carbocycles. The highest BCUT2D eigenvalue weighted by Crippen LogP contribution is 2.25.